The fourth-order valence-corrected chi connectivity index (χ4v) is 1.92. The fraction of sp³-hybridized carbons (Fsp3) is 0.294. The van der Waals surface area contributed by atoms with E-state index in [1.54, 1.807) is 0 Å². The van der Waals surface area contributed by atoms with Crippen molar-refractivity contribution in [2.75, 3.05) is 18.5 Å². The maximum atomic E-state index is 5.76. The molecule has 0 heterocycles. The van der Waals surface area contributed by atoms with Crippen LogP contribution in [0.2, 0.25) is 0 Å². The van der Waals surface area contributed by atoms with E-state index in [0.29, 0.717) is 0 Å². The molecule has 2 rings (SSSR count). The zero-order valence-electron chi connectivity index (χ0n) is 11.4. The van der Waals surface area contributed by atoms with Crippen LogP contribution in [0.15, 0.2) is 54.6 Å². The minimum atomic E-state index is 0.779. The highest BCUT2D eigenvalue weighted by Crippen LogP contribution is 2.16. The van der Waals surface area contributed by atoms with Gasteiger partial charge in [-0.25, -0.2) is 0 Å². The van der Waals surface area contributed by atoms with Crippen LogP contribution in [0.25, 0.3) is 0 Å². The van der Waals surface area contributed by atoms with E-state index in [9.17, 15) is 0 Å². The van der Waals surface area contributed by atoms with Crippen LogP contribution in [0.3, 0.4) is 0 Å². The number of nitrogens with one attached hydrogen (secondary N) is 1. The maximum absolute atomic E-state index is 5.76. The second-order valence-corrected chi connectivity index (χ2v) is 4.61. The highest BCUT2D eigenvalue weighted by molar-refractivity contribution is 5.42. The van der Waals surface area contributed by atoms with Crippen LogP contribution in [0.1, 0.15) is 18.4 Å². The quantitative estimate of drug-likeness (QED) is 0.746. The predicted molar refractivity (Wildman–Crippen MR) is 80.8 cm³/mol. The first-order valence-corrected chi connectivity index (χ1v) is 6.83. The molecule has 2 aromatic carbocycles. The summed E-state index contributed by atoms with van der Waals surface area (Å²) in [6.07, 6.45) is 2.18. The smallest absolute Gasteiger partial charge is 0.122 e. The van der Waals surface area contributed by atoms with Crippen molar-refractivity contribution >= 4 is 5.69 Å². The van der Waals surface area contributed by atoms with Crippen molar-refractivity contribution in [3.05, 3.63) is 60.2 Å². The van der Waals surface area contributed by atoms with Gasteiger partial charge in [0.25, 0.3) is 0 Å². The van der Waals surface area contributed by atoms with Gasteiger partial charge >= 0.3 is 0 Å². The Hall–Kier alpha value is -1.96. The molecule has 0 aliphatic rings. The Labute approximate surface area is 115 Å². The van der Waals surface area contributed by atoms with Crippen LogP contribution in [0.5, 0.6) is 5.75 Å². The standard InChI is InChI=1S/C17H21NO/c1-15-9-5-6-12-17(15)19-14-8-7-13-18-16-10-3-2-4-11-16/h2-6,9-12,18H,7-8,13-14H2,1H3. The largest absolute Gasteiger partial charge is 0.493 e. The molecule has 0 saturated heterocycles. The molecule has 0 amide bonds. The van der Waals surface area contributed by atoms with Crippen LogP contribution < -0.4 is 10.1 Å². The van der Waals surface area contributed by atoms with Gasteiger partial charge in [-0.1, -0.05) is 36.4 Å². The highest BCUT2D eigenvalue weighted by Gasteiger charge is 1.97. The van der Waals surface area contributed by atoms with E-state index in [1.807, 2.05) is 36.4 Å². The van der Waals surface area contributed by atoms with Gasteiger partial charge in [0.05, 0.1) is 6.61 Å². The maximum Gasteiger partial charge on any atom is 0.122 e. The summed E-state index contributed by atoms with van der Waals surface area (Å²) in [6.45, 7) is 3.84. The molecule has 2 aromatic rings. The molecule has 0 unspecified atom stereocenters. The molecule has 2 nitrogen and oxygen atoms in total. The zero-order chi connectivity index (χ0) is 13.3. The SMILES string of the molecule is Cc1ccccc1OCCCCNc1ccccc1. The van der Waals surface area contributed by atoms with Gasteiger partial charge in [0.1, 0.15) is 5.75 Å². The zero-order valence-corrected chi connectivity index (χ0v) is 11.4. The summed E-state index contributed by atoms with van der Waals surface area (Å²) in [7, 11) is 0. The van der Waals surface area contributed by atoms with Gasteiger partial charge in [0.2, 0.25) is 0 Å². The molecule has 1 N–H and O–H groups in total. The number of ether oxygens (including phenoxy) is 1. The van der Waals surface area contributed by atoms with Crippen molar-refractivity contribution in [1.29, 1.82) is 0 Å². The normalized spacial score (nSPS) is 10.2. The Morgan fingerprint density at radius 1 is 0.895 bits per heavy atom. The molecule has 100 valence electrons. The number of anilines is 1. The molecule has 0 aliphatic carbocycles. The van der Waals surface area contributed by atoms with Crippen LogP contribution in [0.4, 0.5) is 5.69 Å². The monoisotopic (exact) mass is 255 g/mol. The van der Waals surface area contributed by atoms with Crippen molar-refractivity contribution in [2.45, 2.75) is 19.8 Å². The summed E-state index contributed by atoms with van der Waals surface area (Å²) in [5, 5.41) is 3.40. The lowest BCUT2D eigenvalue weighted by molar-refractivity contribution is 0.306. The van der Waals surface area contributed by atoms with E-state index in [4.69, 9.17) is 4.74 Å². The summed E-state index contributed by atoms with van der Waals surface area (Å²) in [6, 6.07) is 18.4. The molecule has 2 heteroatoms. The van der Waals surface area contributed by atoms with E-state index in [0.717, 1.165) is 31.7 Å². The van der Waals surface area contributed by atoms with Crippen molar-refractivity contribution in [3.63, 3.8) is 0 Å². The Morgan fingerprint density at radius 3 is 2.42 bits per heavy atom. The molecule has 0 saturated carbocycles. The average molecular weight is 255 g/mol. The summed E-state index contributed by atoms with van der Waals surface area (Å²) in [5.74, 6) is 0.999. The summed E-state index contributed by atoms with van der Waals surface area (Å²) in [5.41, 5.74) is 2.38. The Kier molecular flexibility index (Phi) is 5.30. The van der Waals surface area contributed by atoms with Gasteiger partial charge in [-0.2, -0.15) is 0 Å². The summed E-state index contributed by atoms with van der Waals surface area (Å²) < 4.78 is 5.76. The van der Waals surface area contributed by atoms with E-state index >= 15 is 0 Å². The number of rotatable bonds is 7. The number of para-hydroxylation sites is 2. The van der Waals surface area contributed by atoms with E-state index in [-0.39, 0.29) is 0 Å². The van der Waals surface area contributed by atoms with Gasteiger partial charge in [-0.05, 0) is 43.5 Å². The van der Waals surface area contributed by atoms with Crippen molar-refractivity contribution in [3.8, 4) is 5.75 Å². The molecule has 0 aromatic heterocycles. The van der Waals surface area contributed by atoms with Crippen LogP contribution in [0, 0.1) is 6.92 Å². The van der Waals surface area contributed by atoms with Crippen LogP contribution >= 0.6 is 0 Å². The molecule has 19 heavy (non-hydrogen) atoms. The lowest BCUT2D eigenvalue weighted by atomic mass is 10.2. The number of hydrogen-bond acceptors (Lipinski definition) is 2. The number of hydrogen-bond donors (Lipinski definition) is 1. The number of benzene rings is 2. The molecular weight excluding hydrogens is 234 g/mol. The number of unbranched alkanes of at least 4 members (excludes halogenated alkanes) is 1. The lowest BCUT2D eigenvalue weighted by Gasteiger charge is -2.09. The second kappa shape index (κ2) is 7.47. The molecule has 0 bridgehead atoms. The van der Waals surface area contributed by atoms with E-state index in [1.165, 1.54) is 11.3 Å². The summed E-state index contributed by atoms with van der Waals surface area (Å²) >= 11 is 0. The van der Waals surface area contributed by atoms with Gasteiger partial charge in [-0.15, -0.1) is 0 Å². The van der Waals surface area contributed by atoms with Gasteiger partial charge < -0.3 is 10.1 Å². The Morgan fingerprint density at radius 2 is 1.63 bits per heavy atom. The minimum Gasteiger partial charge on any atom is -0.493 e. The number of aryl methyl sites for hydroxylation is 1. The van der Waals surface area contributed by atoms with Crippen molar-refractivity contribution in [2.24, 2.45) is 0 Å². The fourth-order valence-electron chi connectivity index (χ4n) is 1.92. The average Bonchev–Trinajstić information content (AvgIpc) is 2.45. The third-order valence-corrected chi connectivity index (χ3v) is 3.03. The van der Waals surface area contributed by atoms with Crippen molar-refractivity contribution in [1.82, 2.24) is 0 Å². The third kappa shape index (κ3) is 4.66. The third-order valence-electron chi connectivity index (χ3n) is 3.03. The molecule has 0 spiro atoms. The molecule has 0 radical (unpaired) electrons. The first-order chi connectivity index (χ1) is 9.36. The van der Waals surface area contributed by atoms with E-state index in [2.05, 4.69) is 30.4 Å². The van der Waals surface area contributed by atoms with Crippen LogP contribution in [-0.2, 0) is 0 Å². The molecule has 0 fully saturated rings. The lowest BCUT2D eigenvalue weighted by Crippen LogP contribution is -2.05. The molecule has 0 atom stereocenters. The van der Waals surface area contributed by atoms with Crippen molar-refractivity contribution < 1.29 is 4.74 Å². The van der Waals surface area contributed by atoms with E-state index < -0.39 is 0 Å². The Bertz CT molecular complexity index is 482. The second-order valence-electron chi connectivity index (χ2n) is 4.61. The van der Waals surface area contributed by atoms with Crippen LogP contribution in [-0.4, -0.2) is 13.2 Å². The highest BCUT2D eigenvalue weighted by atomic mass is 16.5. The van der Waals surface area contributed by atoms with Gasteiger partial charge in [0, 0.05) is 12.2 Å². The topological polar surface area (TPSA) is 21.3 Å². The molecular formula is C17H21NO. The van der Waals surface area contributed by atoms with Gasteiger partial charge in [0.15, 0.2) is 0 Å². The Balaban J connectivity index is 1.59. The predicted octanol–water partition coefficient (Wildman–Crippen LogP) is 4.27. The first-order valence-electron chi connectivity index (χ1n) is 6.83. The van der Waals surface area contributed by atoms with Gasteiger partial charge in [-0.3, -0.25) is 0 Å². The summed E-state index contributed by atoms with van der Waals surface area (Å²) in [4.78, 5) is 0. The minimum absolute atomic E-state index is 0.779. The molecule has 0 aliphatic heterocycles. The first kappa shape index (κ1) is 13.5.